The summed E-state index contributed by atoms with van der Waals surface area (Å²) >= 11 is 0. The van der Waals surface area contributed by atoms with Gasteiger partial charge in [0.2, 0.25) is 47.3 Å². The fourth-order valence-electron chi connectivity index (χ4n) is 9.81. The molecule has 2 saturated heterocycles. The SMILES string of the molecule is CC(=O)NC1[C@H](OCCCNC(=O)CCOCC(COCCC(=O)NCCCO[C@@H]2OC(CO)[C@H](O)[C@H](O)C2NC(C)=O)(COCCC(=O)NCCCO[C@@H]2CC(CO)[C@H](O)[C@H](O)C2NC(C)=O)NC(=O)CCCC(=O)NCOC(C)(C)C)OC(CO)[C@H](O)[C@@H]1O. The largest absolute Gasteiger partial charge is 0.396 e. The molecule has 0 radical (unpaired) electrons. The van der Waals surface area contributed by atoms with Crippen LogP contribution < -0.4 is 42.5 Å². The molecule has 34 heteroatoms. The Morgan fingerprint density at radius 2 is 0.835 bits per heavy atom. The van der Waals surface area contributed by atoms with E-state index in [1.54, 1.807) is 0 Å². The maximum atomic E-state index is 13.8. The van der Waals surface area contributed by atoms with Gasteiger partial charge in [-0.15, -0.1) is 0 Å². The molecule has 15 atom stereocenters. The van der Waals surface area contributed by atoms with Gasteiger partial charge < -0.3 is 131 Å². The van der Waals surface area contributed by atoms with Gasteiger partial charge in [0.05, 0.1) is 89.9 Å². The average molecular weight is 1320 g/mol. The molecule has 2 aliphatic heterocycles. The number of rotatable bonds is 43. The highest BCUT2D eigenvalue weighted by Gasteiger charge is 2.47. The van der Waals surface area contributed by atoms with Crippen LogP contribution in [0.2, 0.25) is 0 Å². The van der Waals surface area contributed by atoms with Gasteiger partial charge in [0.1, 0.15) is 67.1 Å². The van der Waals surface area contributed by atoms with Crippen molar-refractivity contribution < 1.29 is 127 Å². The number of carbonyl (C=O) groups excluding carboxylic acids is 8. The summed E-state index contributed by atoms with van der Waals surface area (Å²) in [6, 6.07) is -3.25. The third-order valence-corrected chi connectivity index (χ3v) is 14.6. The number of carbonyl (C=O) groups is 8. The number of hydrogen-bond acceptors (Lipinski definition) is 26. The lowest BCUT2D eigenvalue weighted by Gasteiger charge is -2.42. The molecule has 1 saturated carbocycles. The molecule has 17 N–H and O–H groups in total. The Hall–Kier alpha value is -4.96. The van der Waals surface area contributed by atoms with Crippen molar-refractivity contribution in [3.05, 3.63) is 0 Å². The number of aliphatic hydroxyl groups is 9. The quantitative estimate of drug-likeness (QED) is 0.0199. The second-order valence-electron chi connectivity index (χ2n) is 23.6. The van der Waals surface area contributed by atoms with E-state index in [1.807, 2.05) is 20.8 Å². The molecule has 1 aliphatic carbocycles. The number of hydrogen-bond donors (Lipinski definition) is 17. The Morgan fingerprint density at radius 1 is 0.451 bits per heavy atom. The number of aliphatic hydroxyl groups excluding tert-OH is 9. The van der Waals surface area contributed by atoms with Crippen LogP contribution in [0.1, 0.15) is 106 Å². The highest BCUT2D eigenvalue weighted by atomic mass is 16.7. The van der Waals surface area contributed by atoms with Gasteiger partial charge in [0.15, 0.2) is 12.6 Å². The van der Waals surface area contributed by atoms with E-state index in [2.05, 4.69) is 42.5 Å². The predicted octanol–water partition coefficient (Wildman–Crippen LogP) is -6.82. The molecule has 0 spiro atoms. The Morgan fingerprint density at radius 3 is 1.23 bits per heavy atom. The lowest BCUT2D eigenvalue weighted by atomic mass is 9.79. The van der Waals surface area contributed by atoms with Crippen LogP contribution in [0.4, 0.5) is 0 Å². The van der Waals surface area contributed by atoms with E-state index >= 15 is 0 Å². The first-order valence-corrected chi connectivity index (χ1v) is 30.8. The van der Waals surface area contributed by atoms with E-state index < -0.39 is 164 Å². The van der Waals surface area contributed by atoms with Crippen molar-refractivity contribution in [3.8, 4) is 0 Å². The summed E-state index contributed by atoms with van der Waals surface area (Å²) in [6.45, 7) is 6.15. The van der Waals surface area contributed by atoms with Crippen molar-refractivity contribution in [1.82, 2.24) is 42.5 Å². The Kier molecular flexibility index (Phi) is 37.4. The minimum atomic E-state index is -1.54. The minimum Gasteiger partial charge on any atom is -0.396 e. The molecule has 3 fully saturated rings. The van der Waals surface area contributed by atoms with Gasteiger partial charge in [-0.25, -0.2) is 0 Å². The molecular formula is C57H102N8O26. The highest BCUT2D eigenvalue weighted by Crippen LogP contribution is 2.29. The predicted molar refractivity (Wildman–Crippen MR) is 315 cm³/mol. The molecule has 0 bridgehead atoms. The molecule has 34 nitrogen and oxygen atoms in total. The number of nitrogens with one attached hydrogen (secondary N) is 8. The Labute approximate surface area is 529 Å². The van der Waals surface area contributed by atoms with E-state index in [0.29, 0.717) is 6.42 Å². The van der Waals surface area contributed by atoms with Gasteiger partial charge >= 0.3 is 0 Å². The molecule has 91 heavy (non-hydrogen) atoms. The van der Waals surface area contributed by atoms with Crippen molar-refractivity contribution in [2.75, 3.05) is 106 Å². The van der Waals surface area contributed by atoms with E-state index in [4.69, 9.17) is 42.6 Å². The van der Waals surface area contributed by atoms with E-state index in [-0.39, 0.29) is 150 Å². The summed E-state index contributed by atoms with van der Waals surface area (Å²) in [4.78, 5) is 101. The average Bonchev–Trinajstić information content (AvgIpc) is 1.28. The van der Waals surface area contributed by atoms with Crippen LogP contribution in [0.25, 0.3) is 0 Å². The van der Waals surface area contributed by atoms with Crippen molar-refractivity contribution in [1.29, 1.82) is 0 Å². The van der Waals surface area contributed by atoms with Gasteiger partial charge in [-0.3, -0.25) is 38.4 Å². The maximum absolute atomic E-state index is 13.8. The molecular weight excluding hydrogens is 1210 g/mol. The molecule has 3 aliphatic rings. The van der Waals surface area contributed by atoms with Crippen LogP contribution in [-0.2, 0) is 81.0 Å². The number of ether oxygens (including phenoxy) is 9. The third kappa shape index (κ3) is 30.3. The molecule has 0 aromatic heterocycles. The van der Waals surface area contributed by atoms with Gasteiger partial charge in [-0.2, -0.15) is 0 Å². The molecule has 526 valence electrons. The van der Waals surface area contributed by atoms with Crippen LogP contribution in [0.5, 0.6) is 0 Å². The zero-order valence-electron chi connectivity index (χ0n) is 53.0. The Balaban J connectivity index is 1.67. The lowest BCUT2D eigenvalue weighted by molar-refractivity contribution is -0.270. The molecule has 3 rings (SSSR count). The molecule has 6 unspecified atom stereocenters. The topological polar surface area (TPSA) is 498 Å². The second-order valence-corrected chi connectivity index (χ2v) is 23.6. The fourth-order valence-corrected chi connectivity index (χ4v) is 9.81. The summed E-state index contributed by atoms with van der Waals surface area (Å²) in [6.07, 6.45) is -14.0. The van der Waals surface area contributed by atoms with Crippen LogP contribution in [-0.4, -0.2) is 296 Å². The normalized spacial score (nSPS) is 27.4. The standard InChI is InChI=1S/C57H102N8O26/c1-33(69)62-45-37(25-36(26-66)48(77)51(45)80)86-19-8-16-58-41(73)13-22-83-29-57(65-44(76)12-7-11-40(72)61-32-89-56(4,5)6,30-84-23-14-42(74)59-17-9-20-87-54-46(63-34(2)70)52(81)49(78)38(27-67)90-54)31-85-24-15-43(75)60-18-10-21-88-55-47(64-35(3)71)53(82)50(79)39(28-68)91-55/h36-39,45-55,66-68,77-82H,7-32H2,1-6H3,(H,58,73)(H,59,74)(H,60,75)(H,61,72)(H,62,69)(H,63,70)(H,64,71)(H,65,76)/t36?,37-,38?,39?,45?,46?,47?,48+,49+,50+,51-,52-,53-,54-,55-,57?/m1/s1. The minimum absolute atomic E-state index is 0.0368. The van der Waals surface area contributed by atoms with Crippen molar-refractivity contribution in [3.63, 3.8) is 0 Å². The highest BCUT2D eigenvalue weighted by molar-refractivity contribution is 5.80. The van der Waals surface area contributed by atoms with Gasteiger partial charge in [0, 0.05) is 91.6 Å². The van der Waals surface area contributed by atoms with Crippen molar-refractivity contribution in [2.45, 2.75) is 203 Å². The van der Waals surface area contributed by atoms with Crippen LogP contribution >= 0.6 is 0 Å². The first kappa shape index (κ1) is 80.3. The fraction of sp³-hybridized carbons (Fsp3) is 0.860. The van der Waals surface area contributed by atoms with Crippen molar-refractivity contribution in [2.24, 2.45) is 5.92 Å². The molecule has 8 amide bonds. The Bertz CT molecular complexity index is 2010. The molecule has 0 aromatic rings. The van der Waals surface area contributed by atoms with Crippen molar-refractivity contribution >= 4 is 47.3 Å². The number of amides is 8. The van der Waals surface area contributed by atoms with E-state index in [9.17, 15) is 84.3 Å². The third-order valence-electron chi connectivity index (χ3n) is 14.6. The summed E-state index contributed by atoms with van der Waals surface area (Å²) < 4.78 is 52.1. The summed E-state index contributed by atoms with van der Waals surface area (Å²) in [7, 11) is 0. The monoisotopic (exact) mass is 1310 g/mol. The van der Waals surface area contributed by atoms with Crippen LogP contribution in [0, 0.1) is 5.92 Å². The van der Waals surface area contributed by atoms with Crippen LogP contribution in [0.3, 0.4) is 0 Å². The van der Waals surface area contributed by atoms with Crippen LogP contribution in [0.15, 0.2) is 0 Å². The zero-order chi connectivity index (χ0) is 67.7. The van der Waals surface area contributed by atoms with Gasteiger partial charge in [0.25, 0.3) is 0 Å². The molecule has 0 aromatic carbocycles. The van der Waals surface area contributed by atoms with Gasteiger partial charge in [-0.05, 0) is 52.9 Å². The smallest absolute Gasteiger partial charge is 0.222 e. The molecule has 2 heterocycles. The summed E-state index contributed by atoms with van der Waals surface area (Å²) in [5, 5.41) is 113. The van der Waals surface area contributed by atoms with E-state index in [1.165, 1.54) is 20.8 Å². The summed E-state index contributed by atoms with van der Waals surface area (Å²) in [5.74, 6) is -4.44. The van der Waals surface area contributed by atoms with E-state index in [0.717, 1.165) is 0 Å². The first-order chi connectivity index (χ1) is 43.1. The second kappa shape index (κ2) is 42.4. The maximum Gasteiger partial charge on any atom is 0.222 e. The lowest BCUT2D eigenvalue weighted by Crippen LogP contribution is -2.64. The first-order valence-electron chi connectivity index (χ1n) is 30.8. The zero-order valence-corrected chi connectivity index (χ0v) is 53.0. The van der Waals surface area contributed by atoms with Gasteiger partial charge in [-0.1, -0.05) is 0 Å². The summed E-state index contributed by atoms with van der Waals surface area (Å²) in [5.41, 5.74) is -2.05.